The lowest BCUT2D eigenvalue weighted by Crippen LogP contribution is -2.51. The molecular formula is C16H22N6O2. The van der Waals surface area contributed by atoms with Crippen LogP contribution in [0.3, 0.4) is 0 Å². The number of rotatable bonds is 2. The molecule has 0 unspecified atom stereocenters. The second-order valence-electron chi connectivity index (χ2n) is 6.31. The number of anilines is 1. The van der Waals surface area contributed by atoms with Crippen molar-refractivity contribution in [3.05, 3.63) is 29.1 Å². The maximum absolute atomic E-state index is 13.2. The van der Waals surface area contributed by atoms with Crippen molar-refractivity contribution in [2.24, 2.45) is 0 Å². The highest BCUT2D eigenvalue weighted by Gasteiger charge is 2.23. The first-order valence-corrected chi connectivity index (χ1v) is 8.36. The van der Waals surface area contributed by atoms with E-state index in [1.165, 1.54) is 6.33 Å². The molecule has 128 valence electrons. The third kappa shape index (κ3) is 2.71. The summed E-state index contributed by atoms with van der Waals surface area (Å²) in [6, 6.07) is 0. The molecule has 0 saturated carbocycles. The number of likely N-dealkylation sites (N-methyl/N-ethyl adjacent to an activating group) is 1. The van der Waals surface area contributed by atoms with Crippen molar-refractivity contribution in [1.29, 1.82) is 0 Å². The molecule has 24 heavy (non-hydrogen) atoms. The van der Waals surface area contributed by atoms with E-state index in [1.807, 2.05) is 11.2 Å². The Morgan fingerprint density at radius 1 is 1.08 bits per heavy atom. The molecule has 8 nitrogen and oxygen atoms in total. The topological polar surface area (TPSA) is 66.7 Å². The quantitative estimate of drug-likeness (QED) is 0.736. The molecule has 4 heterocycles. The minimum Gasteiger partial charge on any atom is -0.378 e. The van der Waals surface area contributed by atoms with Gasteiger partial charge in [-0.25, -0.2) is 14.6 Å². The fourth-order valence-electron chi connectivity index (χ4n) is 3.33. The largest absolute Gasteiger partial charge is 0.378 e. The number of hydrogen-bond acceptors (Lipinski definition) is 7. The Morgan fingerprint density at radius 3 is 2.58 bits per heavy atom. The zero-order valence-electron chi connectivity index (χ0n) is 13.9. The van der Waals surface area contributed by atoms with E-state index in [0.29, 0.717) is 32.0 Å². The number of nitrogens with zero attached hydrogens (tertiary/aromatic N) is 6. The van der Waals surface area contributed by atoms with Crippen LogP contribution in [0, 0.1) is 0 Å². The molecule has 2 aromatic rings. The Kier molecular flexibility index (Phi) is 4.07. The number of piperazine rings is 1. The summed E-state index contributed by atoms with van der Waals surface area (Å²) in [4.78, 5) is 26.2. The lowest BCUT2D eigenvalue weighted by atomic mass is 10.2. The first-order chi connectivity index (χ1) is 11.7. The van der Waals surface area contributed by atoms with Crippen LogP contribution >= 0.6 is 0 Å². The van der Waals surface area contributed by atoms with Gasteiger partial charge in [-0.3, -0.25) is 4.79 Å². The molecule has 2 aliphatic rings. The van der Waals surface area contributed by atoms with Gasteiger partial charge in [-0.1, -0.05) is 0 Å². The maximum atomic E-state index is 13.2. The summed E-state index contributed by atoms with van der Waals surface area (Å²) in [6.45, 7) is 6.24. The molecule has 0 spiro atoms. The average Bonchev–Trinajstić information content (AvgIpc) is 2.63. The van der Waals surface area contributed by atoms with Crippen LogP contribution in [0.1, 0.15) is 0 Å². The van der Waals surface area contributed by atoms with E-state index in [-0.39, 0.29) is 5.56 Å². The fraction of sp³-hybridized carbons (Fsp3) is 0.562. The van der Waals surface area contributed by atoms with E-state index >= 15 is 0 Å². The summed E-state index contributed by atoms with van der Waals surface area (Å²) in [5, 5.41) is 2.93. The zero-order valence-corrected chi connectivity index (χ0v) is 13.9. The highest BCUT2D eigenvalue weighted by atomic mass is 16.5. The van der Waals surface area contributed by atoms with E-state index in [2.05, 4.69) is 26.8 Å². The van der Waals surface area contributed by atoms with Crippen LogP contribution in [0.5, 0.6) is 0 Å². The summed E-state index contributed by atoms with van der Waals surface area (Å²) in [5.74, 6) is 0. The van der Waals surface area contributed by atoms with Crippen molar-refractivity contribution in [3.63, 3.8) is 0 Å². The van der Waals surface area contributed by atoms with Crippen LogP contribution in [0.2, 0.25) is 0 Å². The summed E-state index contributed by atoms with van der Waals surface area (Å²) in [5.41, 5.74) is 1.42. The van der Waals surface area contributed by atoms with Gasteiger partial charge < -0.3 is 19.5 Å². The van der Waals surface area contributed by atoms with Gasteiger partial charge in [0.2, 0.25) is 0 Å². The number of ether oxygens (including phenoxy) is 1. The minimum absolute atomic E-state index is 0.00680. The second kappa shape index (κ2) is 6.37. The monoisotopic (exact) mass is 330 g/mol. The number of aromatic nitrogens is 3. The van der Waals surface area contributed by atoms with Gasteiger partial charge in [0.15, 0.2) is 0 Å². The van der Waals surface area contributed by atoms with Gasteiger partial charge >= 0.3 is 0 Å². The number of fused-ring (bicyclic) bond motifs is 1. The first kappa shape index (κ1) is 15.3. The number of pyridine rings is 1. The van der Waals surface area contributed by atoms with E-state index in [4.69, 9.17) is 4.74 Å². The molecule has 0 atom stereocenters. The lowest BCUT2D eigenvalue weighted by Gasteiger charge is -2.35. The summed E-state index contributed by atoms with van der Waals surface area (Å²) in [7, 11) is 2.11. The summed E-state index contributed by atoms with van der Waals surface area (Å²) >= 11 is 0. The van der Waals surface area contributed by atoms with Crippen LogP contribution in [0.15, 0.2) is 23.5 Å². The van der Waals surface area contributed by atoms with Crippen molar-refractivity contribution in [2.75, 3.05) is 69.4 Å². The molecule has 0 radical (unpaired) electrons. The molecule has 2 saturated heterocycles. The molecule has 2 aliphatic heterocycles. The van der Waals surface area contributed by atoms with Crippen molar-refractivity contribution in [3.8, 4) is 0 Å². The van der Waals surface area contributed by atoms with E-state index in [0.717, 1.165) is 37.1 Å². The van der Waals surface area contributed by atoms with Gasteiger partial charge in [-0.15, -0.1) is 0 Å². The van der Waals surface area contributed by atoms with Crippen LogP contribution in [-0.4, -0.2) is 79.1 Å². The smallest absolute Gasteiger partial charge is 0.294 e. The number of morpholine rings is 1. The SMILES string of the molecule is CN1CCN(c2c(=O)n(N3CCOCC3)cc3cncnc23)CC1. The lowest BCUT2D eigenvalue weighted by molar-refractivity contribution is 0.111. The summed E-state index contributed by atoms with van der Waals surface area (Å²) < 4.78 is 7.13. The number of hydrogen-bond donors (Lipinski definition) is 0. The first-order valence-electron chi connectivity index (χ1n) is 8.36. The van der Waals surface area contributed by atoms with Crippen LogP contribution in [-0.2, 0) is 4.74 Å². The highest BCUT2D eigenvalue weighted by molar-refractivity contribution is 5.89. The molecule has 2 fully saturated rings. The predicted molar refractivity (Wildman–Crippen MR) is 92.3 cm³/mol. The van der Waals surface area contributed by atoms with Gasteiger partial charge in [0, 0.05) is 44.0 Å². The van der Waals surface area contributed by atoms with E-state index in [9.17, 15) is 4.79 Å². The Hall–Kier alpha value is -2.19. The molecule has 8 heteroatoms. The molecule has 0 aliphatic carbocycles. The molecule has 4 rings (SSSR count). The average molecular weight is 330 g/mol. The molecular weight excluding hydrogens is 308 g/mol. The van der Waals surface area contributed by atoms with Crippen molar-refractivity contribution in [2.45, 2.75) is 0 Å². The molecule has 0 N–H and O–H groups in total. The Bertz CT molecular complexity index is 778. The van der Waals surface area contributed by atoms with Gasteiger partial charge in [0.1, 0.15) is 17.5 Å². The predicted octanol–water partition coefficient (Wildman–Crippen LogP) is -0.488. The van der Waals surface area contributed by atoms with Crippen molar-refractivity contribution >= 4 is 16.6 Å². The summed E-state index contributed by atoms with van der Waals surface area (Å²) in [6.07, 6.45) is 5.14. The standard InChI is InChI=1S/C16H22N6O2/c1-19-2-4-20(5-3-19)15-14-13(10-17-12-18-14)11-22(16(15)23)21-6-8-24-9-7-21/h10-12H,2-9H2,1H3. The Morgan fingerprint density at radius 2 is 1.83 bits per heavy atom. The fourth-order valence-corrected chi connectivity index (χ4v) is 3.33. The molecule has 0 aromatic carbocycles. The Labute approximate surface area is 140 Å². The third-order valence-electron chi connectivity index (χ3n) is 4.75. The second-order valence-corrected chi connectivity index (χ2v) is 6.31. The molecule has 2 aromatic heterocycles. The van der Waals surface area contributed by atoms with Crippen LogP contribution in [0.4, 0.5) is 5.69 Å². The van der Waals surface area contributed by atoms with Gasteiger partial charge in [0.05, 0.1) is 26.3 Å². The Balaban J connectivity index is 1.83. The molecule has 0 bridgehead atoms. The van der Waals surface area contributed by atoms with Crippen molar-refractivity contribution in [1.82, 2.24) is 19.5 Å². The van der Waals surface area contributed by atoms with Crippen LogP contribution in [0.25, 0.3) is 10.9 Å². The van der Waals surface area contributed by atoms with Gasteiger partial charge in [-0.2, -0.15) is 0 Å². The van der Waals surface area contributed by atoms with Crippen molar-refractivity contribution < 1.29 is 4.74 Å². The zero-order chi connectivity index (χ0) is 16.5. The highest BCUT2D eigenvalue weighted by Crippen LogP contribution is 2.21. The normalized spacial score (nSPS) is 19.9. The van der Waals surface area contributed by atoms with Gasteiger partial charge in [-0.05, 0) is 7.05 Å². The minimum atomic E-state index is -0.00680. The third-order valence-corrected chi connectivity index (χ3v) is 4.75. The maximum Gasteiger partial charge on any atom is 0.294 e. The van der Waals surface area contributed by atoms with E-state index in [1.54, 1.807) is 10.9 Å². The van der Waals surface area contributed by atoms with Gasteiger partial charge in [0.25, 0.3) is 5.56 Å². The van der Waals surface area contributed by atoms with E-state index < -0.39 is 0 Å². The molecule has 0 amide bonds. The van der Waals surface area contributed by atoms with Crippen LogP contribution < -0.4 is 15.5 Å².